The summed E-state index contributed by atoms with van der Waals surface area (Å²) in [6.45, 7) is 0. The minimum atomic E-state index is 1.20. The lowest BCUT2D eigenvalue weighted by atomic mass is 10.3. The number of fused-ring (bicyclic) bond motifs is 1. The predicted octanol–water partition coefficient (Wildman–Crippen LogP) is 4.99. The third-order valence-corrected chi connectivity index (χ3v) is 6.54. The summed E-state index contributed by atoms with van der Waals surface area (Å²) >= 11 is 9.60. The fourth-order valence-corrected chi connectivity index (χ4v) is 4.86. The van der Waals surface area contributed by atoms with E-state index in [1.54, 1.807) is 0 Å². The third kappa shape index (κ3) is 1.78. The molecule has 0 fully saturated rings. The largest absolute Gasteiger partial charge is 0.143 e. The maximum Gasteiger partial charge on any atom is 0.0490 e. The van der Waals surface area contributed by atoms with Crippen LogP contribution >= 0.6 is 61.6 Å². The smallest absolute Gasteiger partial charge is 0.0490 e. The molecule has 0 amide bonds. The highest BCUT2D eigenvalue weighted by Gasteiger charge is 2.09. The number of thiophene rings is 1. The molecule has 0 atom stereocenters. The molecule has 68 valence electrons. The molecule has 0 aliphatic heterocycles. The number of benzene rings is 1. The van der Waals surface area contributed by atoms with E-state index in [1.807, 2.05) is 23.1 Å². The average Bonchev–Trinajstić information content (AvgIpc) is 2.54. The monoisotopic (exact) mass is 384 g/mol. The van der Waals surface area contributed by atoms with Crippen LogP contribution in [-0.4, -0.2) is 6.26 Å². The fourth-order valence-electron chi connectivity index (χ4n) is 1.21. The summed E-state index contributed by atoms with van der Waals surface area (Å²) in [5.74, 6) is 0. The van der Waals surface area contributed by atoms with Crippen LogP contribution in [0.4, 0.5) is 0 Å². The summed E-state index contributed by atoms with van der Waals surface area (Å²) in [4.78, 5) is 1.39. The molecule has 0 radical (unpaired) electrons. The molecule has 1 aromatic heterocycles. The number of thioether (sulfide) groups is 1. The molecule has 0 saturated carbocycles. The Hall–Kier alpha value is 0.740. The molecule has 0 aliphatic rings. The minimum Gasteiger partial charge on any atom is -0.143 e. The van der Waals surface area contributed by atoms with Crippen molar-refractivity contribution in [2.24, 2.45) is 0 Å². The standard InChI is InChI=1S/C9H6BrIS2/c1-12-9-7(11)6(10)4-5-2-3-13-8(5)9/h2-4H,1H3. The molecule has 2 rings (SSSR count). The van der Waals surface area contributed by atoms with Crippen molar-refractivity contribution in [3.05, 3.63) is 25.6 Å². The maximum absolute atomic E-state index is 3.58. The van der Waals surface area contributed by atoms with Gasteiger partial charge in [0.1, 0.15) is 0 Å². The zero-order valence-electron chi connectivity index (χ0n) is 6.80. The van der Waals surface area contributed by atoms with Gasteiger partial charge < -0.3 is 0 Å². The van der Waals surface area contributed by atoms with Crippen LogP contribution in [0.3, 0.4) is 0 Å². The third-order valence-electron chi connectivity index (χ3n) is 1.80. The van der Waals surface area contributed by atoms with E-state index in [0.717, 1.165) is 0 Å². The Kier molecular flexibility index (Phi) is 3.22. The van der Waals surface area contributed by atoms with Gasteiger partial charge >= 0.3 is 0 Å². The van der Waals surface area contributed by atoms with E-state index in [1.165, 1.54) is 23.0 Å². The van der Waals surface area contributed by atoms with E-state index >= 15 is 0 Å². The topological polar surface area (TPSA) is 0 Å². The van der Waals surface area contributed by atoms with Crippen molar-refractivity contribution in [1.29, 1.82) is 0 Å². The Morgan fingerprint density at radius 1 is 1.54 bits per heavy atom. The van der Waals surface area contributed by atoms with Gasteiger partial charge in [0.05, 0.1) is 0 Å². The van der Waals surface area contributed by atoms with Crippen LogP contribution in [0.5, 0.6) is 0 Å². The Balaban J connectivity index is 2.87. The molecule has 0 bridgehead atoms. The number of halogens is 2. The molecular weight excluding hydrogens is 379 g/mol. The first-order valence-corrected chi connectivity index (χ1v) is 7.61. The van der Waals surface area contributed by atoms with Crippen molar-refractivity contribution >= 4 is 71.7 Å². The predicted molar refractivity (Wildman–Crippen MR) is 74.0 cm³/mol. The lowest BCUT2D eigenvalue weighted by molar-refractivity contribution is 1.47. The van der Waals surface area contributed by atoms with E-state index in [0.29, 0.717) is 0 Å². The Morgan fingerprint density at radius 2 is 2.31 bits per heavy atom. The van der Waals surface area contributed by atoms with E-state index in [9.17, 15) is 0 Å². The van der Waals surface area contributed by atoms with Gasteiger partial charge in [-0.3, -0.25) is 0 Å². The molecule has 0 nitrogen and oxygen atoms in total. The average molecular weight is 385 g/mol. The lowest BCUT2D eigenvalue weighted by Gasteiger charge is -2.04. The molecule has 0 unspecified atom stereocenters. The first kappa shape index (κ1) is 10.3. The normalized spacial score (nSPS) is 11.0. The fraction of sp³-hybridized carbons (Fsp3) is 0.111. The summed E-state index contributed by atoms with van der Waals surface area (Å²) in [6, 6.07) is 4.36. The van der Waals surface area contributed by atoms with Crippen molar-refractivity contribution in [1.82, 2.24) is 0 Å². The summed E-state index contributed by atoms with van der Waals surface area (Å²) < 4.78 is 3.92. The van der Waals surface area contributed by atoms with Crippen LogP contribution in [-0.2, 0) is 0 Å². The van der Waals surface area contributed by atoms with E-state index in [2.05, 4.69) is 62.3 Å². The zero-order valence-corrected chi connectivity index (χ0v) is 12.2. The van der Waals surface area contributed by atoms with Crippen LogP contribution in [0, 0.1) is 3.57 Å². The van der Waals surface area contributed by atoms with Crippen LogP contribution < -0.4 is 0 Å². The summed E-state index contributed by atoms with van der Waals surface area (Å²) in [6.07, 6.45) is 2.13. The van der Waals surface area contributed by atoms with Crippen LogP contribution in [0.25, 0.3) is 10.1 Å². The second kappa shape index (κ2) is 4.08. The first-order chi connectivity index (χ1) is 6.24. The van der Waals surface area contributed by atoms with E-state index < -0.39 is 0 Å². The summed E-state index contributed by atoms with van der Waals surface area (Å²) in [5, 5.41) is 3.48. The molecule has 0 spiro atoms. The minimum absolute atomic E-state index is 1.20. The van der Waals surface area contributed by atoms with Gasteiger partial charge in [-0.05, 0) is 67.7 Å². The van der Waals surface area contributed by atoms with Gasteiger partial charge in [-0.1, -0.05) is 0 Å². The lowest BCUT2D eigenvalue weighted by Crippen LogP contribution is -1.80. The molecule has 1 aromatic carbocycles. The molecule has 13 heavy (non-hydrogen) atoms. The first-order valence-electron chi connectivity index (χ1n) is 3.63. The van der Waals surface area contributed by atoms with Crippen molar-refractivity contribution < 1.29 is 0 Å². The molecule has 2 aromatic rings. The van der Waals surface area contributed by atoms with Crippen molar-refractivity contribution in [3.8, 4) is 0 Å². The number of hydrogen-bond donors (Lipinski definition) is 0. The molecule has 0 saturated heterocycles. The van der Waals surface area contributed by atoms with Gasteiger partial charge in [0.25, 0.3) is 0 Å². The van der Waals surface area contributed by atoms with E-state index in [4.69, 9.17) is 0 Å². The molecule has 0 N–H and O–H groups in total. The SMILES string of the molecule is CSc1c(I)c(Br)cc2ccsc12. The highest BCUT2D eigenvalue weighted by atomic mass is 127. The quantitative estimate of drug-likeness (QED) is 0.493. The number of rotatable bonds is 1. The van der Waals surface area contributed by atoms with Gasteiger partial charge in [-0.15, -0.1) is 23.1 Å². The van der Waals surface area contributed by atoms with Crippen molar-refractivity contribution in [2.45, 2.75) is 4.90 Å². The number of hydrogen-bond acceptors (Lipinski definition) is 2. The van der Waals surface area contributed by atoms with Crippen molar-refractivity contribution in [3.63, 3.8) is 0 Å². The highest BCUT2D eigenvalue weighted by molar-refractivity contribution is 14.1. The van der Waals surface area contributed by atoms with Crippen LogP contribution in [0.1, 0.15) is 0 Å². The van der Waals surface area contributed by atoms with Gasteiger partial charge in [-0.2, -0.15) is 0 Å². The second-order valence-electron chi connectivity index (χ2n) is 2.54. The van der Waals surface area contributed by atoms with Gasteiger partial charge in [0.2, 0.25) is 0 Å². The summed E-state index contributed by atoms with van der Waals surface area (Å²) in [5.41, 5.74) is 0. The molecule has 0 aliphatic carbocycles. The second-order valence-corrected chi connectivity index (χ2v) is 6.21. The van der Waals surface area contributed by atoms with Gasteiger partial charge in [0, 0.05) is 17.6 Å². The molecule has 1 heterocycles. The van der Waals surface area contributed by atoms with Gasteiger partial charge in [-0.25, -0.2) is 0 Å². The van der Waals surface area contributed by atoms with Crippen LogP contribution in [0.15, 0.2) is 26.9 Å². The Morgan fingerprint density at radius 3 is 3.00 bits per heavy atom. The highest BCUT2D eigenvalue weighted by Crippen LogP contribution is 2.38. The summed E-state index contributed by atoms with van der Waals surface area (Å²) in [7, 11) is 0. The van der Waals surface area contributed by atoms with E-state index in [-0.39, 0.29) is 0 Å². The van der Waals surface area contributed by atoms with Crippen molar-refractivity contribution in [2.75, 3.05) is 6.26 Å². The van der Waals surface area contributed by atoms with Crippen LogP contribution in [0.2, 0.25) is 0 Å². The maximum atomic E-state index is 3.58. The Labute approximate surface area is 107 Å². The molecular formula is C9H6BrIS2. The Bertz CT molecular complexity index is 450. The molecule has 4 heteroatoms. The van der Waals surface area contributed by atoms with Gasteiger partial charge in [0.15, 0.2) is 0 Å². The zero-order chi connectivity index (χ0) is 9.42.